The molecule has 0 amide bonds. The van der Waals surface area contributed by atoms with Crippen molar-refractivity contribution in [3.63, 3.8) is 0 Å². The van der Waals surface area contributed by atoms with E-state index in [1.54, 1.807) is 17.5 Å². The normalized spacial score (nSPS) is 25.8. The summed E-state index contributed by atoms with van der Waals surface area (Å²) in [6.07, 6.45) is 5.59. The molecule has 0 saturated carbocycles. The molecule has 2 aromatic heterocycles. The van der Waals surface area contributed by atoms with Crippen LogP contribution in [0.5, 0.6) is 0 Å². The van der Waals surface area contributed by atoms with Crippen LogP contribution in [0.25, 0.3) is 0 Å². The van der Waals surface area contributed by atoms with E-state index in [0.29, 0.717) is 13.2 Å². The summed E-state index contributed by atoms with van der Waals surface area (Å²) in [5.74, 6) is 0. The van der Waals surface area contributed by atoms with Crippen molar-refractivity contribution in [2.24, 2.45) is 0 Å². The van der Waals surface area contributed by atoms with Gasteiger partial charge in [-0.15, -0.1) is 11.3 Å². The number of hydrogen-bond acceptors (Lipinski definition) is 7. The molecule has 4 rings (SSSR count). The molecule has 0 unspecified atom stereocenters. The largest absolute Gasteiger partial charge is 0.376 e. The van der Waals surface area contributed by atoms with E-state index in [2.05, 4.69) is 25.8 Å². The van der Waals surface area contributed by atoms with Gasteiger partial charge < -0.3 is 14.4 Å². The Labute approximate surface area is 146 Å². The fourth-order valence-corrected chi connectivity index (χ4v) is 4.09. The highest BCUT2D eigenvalue weighted by atomic mass is 32.1. The standard InChI is InChI=1S/C17H22N4O2S/c1-2-15(10-18-3-1)21-6-7-22-14-17(13-21)12-20(5-8-23-17)11-16-19-4-9-24-16/h1-4,9-10H,5-8,11-14H2/t17-/m1/s1. The lowest BCUT2D eigenvalue weighted by Crippen LogP contribution is -2.58. The van der Waals surface area contributed by atoms with Crippen molar-refractivity contribution in [3.05, 3.63) is 41.1 Å². The number of nitrogens with zero attached hydrogens (tertiary/aromatic N) is 4. The minimum absolute atomic E-state index is 0.290. The van der Waals surface area contributed by atoms with Crippen LogP contribution in [0.1, 0.15) is 5.01 Å². The Morgan fingerprint density at radius 2 is 2.21 bits per heavy atom. The maximum absolute atomic E-state index is 6.24. The Hall–Kier alpha value is -1.54. The Morgan fingerprint density at radius 1 is 1.21 bits per heavy atom. The third-order valence-corrected chi connectivity index (χ3v) is 5.29. The smallest absolute Gasteiger partial charge is 0.121 e. The van der Waals surface area contributed by atoms with Gasteiger partial charge in [0.2, 0.25) is 0 Å². The summed E-state index contributed by atoms with van der Waals surface area (Å²) in [7, 11) is 0. The second-order valence-electron chi connectivity index (χ2n) is 6.35. The number of hydrogen-bond donors (Lipinski definition) is 0. The number of thiazole rings is 1. The number of ether oxygens (including phenoxy) is 2. The topological polar surface area (TPSA) is 50.7 Å². The van der Waals surface area contributed by atoms with Crippen LogP contribution in [-0.4, -0.2) is 66.5 Å². The average Bonchev–Trinajstić information content (AvgIpc) is 3.03. The summed E-state index contributed by atoms with van der Waals surface area (Å²) in [6.45, 7) is 6.46. The lowest BCUT2D eigenvalue weighted by Gasteiger charge is -2.43. The molecule has 0 aliphatic carbocycles. The summed E-state index contributed by atoms with van der Waals surface area (Å²) in [5.41, 5.74) is 0.838. The monoisotopic (exact) mass is 346 g/mol. The van der Waals surface area contributed by atoms with Gasteiger partial charge in [0.1, 0.15) is 10.6 Å². The third-order valence-electron chi connectivity index (χ3n) is 4.53. The molecule has 4 heterocycles. The van der Waals surface area contributed by atoms with E-state index in [4.69, 9.17) is 9.47 Å². The Balaban J connectivity index is 1.49. The molecule has 2 aromatic rings. The summed E-state index contributed by atoms with van der Waals surface area (Å²) in [5, 5.41) is 3.19. The zero-order valence-corrected chi connectivity index (χ0v) is 14.5. The predicted molar refractivity (Wildman–Crippen MR) is 93.3 cm³/mol. The molecule has 0 radical (unpaired) electrons. The van der Waals surface area contributed by atoms with Gasteiger partial charge in [0.25, 0.3) is 0 Å². The quantitative estimate of drug-likeness (QED) is 0.842. The van der Waals surface area contributed by atoms with Crippen LogP contribution in [0.3, 0.4) is 0 Å². The highest BCUT2D eigenvalue weighted by Crippen LogP contribution is 2.26. The van der Waals surface area contributed by atoms with Gasteiger partial charge in [0.15, 0.2) is 0 Å². The van der Waals surface area contributed by atoms with E-state index >= 15 is 0 Å². The van der Waals surface area contributed by atoms with Crippen molar-refractivity contribution < 1.29 is 9.47 Å². The number of pyridine rings is 1. The van der Waals surface area contributed by atoms with Crippen molar-refractivity contribution in [3.8, 4) is 0 Å². The third kappa shape index (κ3) is 3.59. The first-order valence-electron chi connectivity index (χ1n) is 8.30. The first-order valence-corrected chi connectivity index (χ1v) is 9.18. The van der Waals surface area contributed by atoms with E-state index < -0.39 is 0 Å². The van der Waals surface area contributed by atoms with Crippen LogP contribution in [0, 0.1) is 0 Å². The maximum atomic E-state index is 6.24. The number of rotatable bonds is 3. The number of anilines is 1. The molecule has 2 fully saturated rings. The molecule has 24 heavy (non-hydrogen) atoms. The van der Waals surface area contributed by atoms with Crippen LogP contribution >= 0.6 is 11.3 Å². The second-order valence-corrected chi connectivity index (χ2v) is 7.33. The van der Waals surface area contributed by atoms with Gasteiger partial charge in [-0.1, -0.05) is 0 Å². The molecule has 7 heteroatoms. The zero-order valence-electron chi connectivity index (χ0n) is 13.6. The Kier molecular flexibility index (Phi) is 4.75. The van der Waals surface area contributed by atoms with Crippen LogP contribution in [0.2, 0.25) is 0 Å². The first-order chi connectivity index (χ1) is 11.8. The van der Waals surface area contributed by atoms with Gasteiger partial charge in [-0.05, 0) is 12.1 Å². The number of aromatic nitrogens is 2. The van der Waals surface area contributed by atoms with E-state index in [1.807, 2.05) is 23.8 Å². The fourth-order valence-electron chi connectivity index (χ4n) is 3.43. The highest BCUT2D eigenvalue weighted by Gasteiger charge is 2.40. The van der Waals surface area contributed by atoms with Gasteiger partial charge in [-0.3, -0.25) is 9.88 Å². The first kappa shape index (κ1) is 16.0. The minimum Gasteiger partial charge on any atom is -0.376 e. The van der Waals surface area contributed by atoms with Gasteiger partial charge in [0.05, 0.1) is 44.8 Å². The lowest BCUT2D eigenvalue weighted by atomic mass is 10.0. The molecular weight excluding hydrogens is 324 g/mol. The van der Waals surface area contributed by atoms with Crippen molar-refractivity contribution in [1.29, 1.82) is 0 Å². The van der Waals surface area contributed by atoms with Crippen molar-refractivity contribution >= 4 is 17.0 Å². The highest BCUT2D eigenvalue weighted by molar-refractivity contribution is 7.09. The molecule has 1 atom stereocenters. The Bertz CT molecular complexity index is 639. The molecule has 128 valence electrons. The minimum atomic E-state index is -0.290. The zero-order chi connectivity index (χ0) is 16.2. The van der Waals surface area contributed by atoms with Gasteiger partial charge in [-0.25, -0.2) is 4.98 Å². The summed E-state index contributed by atoms with van der Waals surface area (Å²) in [4.78, 5) is 13.4. The van der Waals surface area contributed by atoms with Crippen molar-refractivity contribution in [2.45, 2.75) is 12.1 Å². The molecular formula is C17H22N4O2S. The summed E-state index contributed by atoms with van der Waals surface area (Å²) < 4.78 is 12.1. The van der Waals surface area contributed by atoms with Gasteiger partial charge in [-0.2, -0.15) is 0 Å². The molecule has 2 saturated heterocycles. The lowest BCUT2D eigenvalue weighted by molar-refractivity contribution is -0.134. The number of morpholine rings is 1. The van der Waals surface area contributed by atoms with Gasteiger partial charge >= 0.3 is 0 Å². The van der Waals surface area contributed by atoms with Gasteiger partial charge in [0, 0.05) is 37.4 Å². The summed E-state index contributed by atoms with van der Waals surface area (Å²) in [6, 6.07) is 4.08. The maximum Gasteiger partial charge on any atom is 0.121 e. The predicted octanol–water partition coefficient (Wildman–Crippen LogP) is 1.65. The van der Waals surface area contributed by atoms with E-state index in [1.165, 1.54) is 0 Å². The van der Waals surface area contributed by atoms with Crippen molar-refractivity contribution in [2.75, 3.05) is 50.9 Å². The van der Waals surface area contributed by atoms with Crippen LogP contribution in [0.4, 0.5) is 5.69 Å². The molecule has 2 aliphatic rings. The van der Waals surface area contributed by atoms with Crippen LogP contribution in [0.15, 0.2) is 36.1 Å². The van der Waals surface area contributed by atoms with Crippen LogP contribution < -0.4 is 4.90 Å². The second kappa shape index (κ2) is 7.14. The fraction of sp³-hybridized carbons (Fsp3) is 0.529. The average molecular weight is 346 g/mol. The van der Waals surface area contributed by atoms with Crippen LogP contribution in [-0.2, 0) is 16.0 Å². The molecule has 0 aromatic carbocycles. The molecule has 1 spiro atoms. The van der Waals surface area contributed by atoms with Crippen molar-refractivity contribution in [1.82, 2.24) is 14.9 Å². The molecule has 0 bridgehead atoms. The molecule has 0 N–H and O–H groups in total. The molecule has 2 aliphatic heterocycles. The van der Waals surface area contributed by atoms with E-state index in [0.717, 1.165) is 50.0 Å². The summed E-state index contributed by atoms with van der Waals surface area (Å²) >= 11 is 1.71. The molecule has 6 nitrogen and oxygen atoms in total. The SMILES string of the molecule is c1cncc(N2CCOC[C@@]3(CN(Cc4nccs4)CCO3)C2)c1. The van der Waals surface area contributed by atoms with E-state index in [9.17, 15) is 0 Å². The van der Waals surface area contributed by atoms with E-state index in [-0.39, 0.29) is 5.60 Å². The Morgan fingerprint density at radius 3 is 3.04 bits per heavy atom.